The highest BCUT2D eigenvalue weighted by Crippen LogP contribution is 2.11. The van der Waals surface area contributed by atoms with Crippen molar-refractivity contribution in [3.05, 3.63) is 40.1 Å². The predicted molar refractivity (Wildman–Crippen MR) is 109 cm³/mol. The topological polar surface area (TPSA) is 45.5 Å². The van der Waals surface area contributed by atoms with Gasteiger partial charge in [-0.15, -0.1) is 35.3 Å². The van der Waals surface area contributed by atoms with Crippen LogP contribution < -0.4 is 5.32 Å². The number of rotatable bonds is 6. The van der Waals surface area contributed by atoms with Gasteiger partial charge >= 0.3 is 0 Å². The Balaban J connectivity index is 0.00000264. The second-order valence-corrected chi connectivity index (χ2v) is 6.64. The highest BCUT2D eigenvalue weighted by Gasteiger charge is 2.08. The standard InChI is InChI=1S/C16H25N5S.HI/c1-5-17-16(18-9-8-15-19-11-13(2)22-15)21(4)12-14-7-6-10-20(14)3;/h6-7,10-11H,5,8-9,12H2,1-4H3,(H,17,18);1H. The first kappa shape index (κ1) is 20.0. The van der Waals surface area contributed by atoms with Gasteiger partial charge in [0.1, 0.15) is 0 Å². The molecule has 2 aromatic rings. The van der Waals surface area contributed by atoms with Crippen LogP contribution in [-0.4, -0.2) is 40.5 Å². The number of halogens is 1. The van der Waals surface area contributed by atoms with E-state index >= 15 is 0 Å². The van der Waals surface area contributed by atoms with E-state index in [1.165, 1.54) is 10.6 Å². The first-order chi connectivity index (χ1) is 10.6. The Hall–Kier alpha value is -1.09. The fraction of sp³-hybridized carbons (Fsp3) is 0.500. The molecule has 0 fully saturated rings. The number of aryl methyl sites for hydroxylation is 2. The number of hydrogen-bond acceptors (Lipinski definition) is 3. The molecular formula is C16H26IN5S. The van der Waals surface area contributed by atoms with Crippen molar-refractivity contribution >= 4 is 41.3 Å². The van der Waals surface area contributed by atoms with Gasteiger partial charge in [-0.05, 0) is 26.0 Å². The summed E-state index contributed by atoms with van der Waals surface area (Å²) in [5, 5.41) is 4.51. The maximum Gasteiger partial charge on any atom is 0.194 e. The first-order valence-corrected chi connectivity index (χ1v) is 8.42. The van der Waals surface area contributed by atoms with Gasteiger partial charge in [0.25, 0.3) is 0 Å². The normalized spacial score (nSPS) is 11.2. The summed E-state index contributed by atoms with van der Waals surface area (Å²) < 4.78 is 2.14. The van der Waals surface area contributed by atoms with Crippen LogP contribution >= 0.6 is 35.3 Å². The van der Waals surface area contributed by atoms with Gasteiger partial charge in [0.2, 0.25) is 0 Å². The maximum atomic E-state index is 4.72. The van der Waals surface area contributed by atoms with Gasteiger partial charge in [-0.2, -0.15) is 0 Å². The fourth-order valence-electron chi connectivity index (χ4n) is 2.22. The van der Waals surface area contributed by atoms with E-state index in [0.717, 1.165) is 37.0 Å². The van der Waals surface area contributed by atoms with Crippen molar-refractivity contribution in [2.45, 2.75) is 26.8 Å². The van der Waals surface area contributed by atoms with Gasteiger partial charge in [-0.25, -0.2) is 4.98 Å². The first-order valence-electron chi connectivity index (χ1n) is 7.61. The van der Waals surface area contributed by atoms with Gasteiger partial charge < -0.3 is 14.8 Å². The Morgan fingerprint density at radius 1 is 1.48 bits per heavy atom. The number of guanidine groups is 1. The number of thiazole rings is 1. The molecule has 0 saturated heterocycles. The lowest BCUT2D eigenvalue weighted by Crippen LogP contribution is -2.39. The Morgan fingerprint density at radius 2 is 2.26 bits per heavy atom. The van der Waals surface area contributed by atoms with Crippen LogP contribution in [0.15, 0.2) is 29.5 Å². The second kappa shape index (κ2) is 9.92. The Morgan fingerprint density at radius 3 is 2.83 bits per heavy atom. The molecule has 0 aromatic carbocycles. The molecule has 7 heteroatoms. The molecule has 0 aliphatic heterocycles. The minimum absolute atomic E-state index is 0. The third kappa shape index (κ3) is 6.14. The van der Waals surface area contributed by atoms with Crippen LogP contribution in [0, 0.1) is 6.92 Å². The largest absolute Gasteiger partial charge is 0.357 e. The summed E-state index contributed by atoms with van der Waals surface area (Å²) in [7, 11) is 4.14. The molecule has 0 unspecified atom stereocenters. The van der Waals surface area contributed by atoms with E-state index in [-0.39, 0.29) is 24.0 Å². The quantitative estimate of drug-likeness (QED) is 0.421. The highest BCUT2D eigenvalue weighted by atomic mass is 127. The molecule has 0 saturated carbocycles. The van der Waals surface area contributed by atoms with Gasteiger partial charge in [-0.1, -0.05) is 0 Å². The Labute approximate surface area is 159 Å². The molecule has 0 aliphatic carbocycles. The van der Waals surface area contributed by atoms with Crippen molar-refractivity contribution in [1.29, 1.82) is 0 Å². The Bertz CT molecular complexity index is 620. The number of aliphatic imine (C=N–C) groups is 1. The number of hydrogen-bond donors (Lipinski definition) is 1. The molecule has 0 aliphatic rings. The smallest absolute Gasteiger partial charge is 0.194 e. The molecule has 0 bridgehead atoms. The summed E-state index contributed by atoms with van der Waals surface area (Å²) in [6, 6.07) is 4.20. The van der Waals surface area contributed by atoms with Crippen LogP contribution in [0.2, 0.25) is 0 Å². The molecule has 0 amide bonds. The van der Waals surface area contributed by atoms with Gasteiger partial charge in [0, 0.05) is 56.6 Å². The molecular weight excluding hydrogens is 421 g/mol. The second-order valence-electron chi connectivity index (χ2n) is 5.32. The van der Waals surface area contributed by atoms with Crippen LogP contribution in [0.4, 0.5) is 0 Å². The SMILES string of the molecule is CCNC(=NCCc1ncc(C)s1)N(C)Cc1cccn1C.I. The fourth-order valence-corrected chi connectivity index (χ4v) is 3.00. The zero-order chi connectivity index (χ0) is 15.9. The lowest BCUT2D eigenvalue weighted by atomic mass is 10.4. The summed E-state index contributed by atoms with van der Waals surface area (Å²) in [6.45, 7) is 6.64. The average Bonchev–Trinajstić information content (AvgIpc) is 3.07. The summed E-state index contributed by atoms with van der Waals surface area (Å²) >= 11 is 1.75. The van der Waals surface area contributed by atoms with E-state index < -0.39 is 0 Å². The molecule has 0 spiro atoms. The minimum atomic E-state index is 0. The number of nitrogens with zero attached hydrogens (tertiary/aromatic N) is 4. The van der Waals surface area contributed by atoms with E-state index in [1.807, 2.05) is 6.20 Å². The number of aromatic nitrogens is 2. The Kier molecular flexibility index (Phi) is 8.60. The van der Waals surface area contributed by atoms with E-state index in [1.54, 1.807) is 11.3 Å². The molecule has 0 radical (unpaired) electrons. The molecule has 5 nitrogen and oxygen atoms in total. The van der Waals surface area contributed by atoms with Gasteiger partial charge in [0.15, 0.2) is 5.96 Å². The summed E-state index contributed by atoms with van der Waals surface area (Å²) in [6.07, 6.45) is 4.89. The highest BCUT2D eigenvalue weighted by molar-refractivity contribution is 14.0. The van der Waals surface area contributed by atoms with Crippen molar-refractivity contribution in [3.8, 4) is 0 Å². The zero-order valence-corrected chi connectivity index (χ0v) is 17.4. The van der Waals surface area contributed by atoms with E-state index in [9.17, 15) is 0 Å². The molecule has 2 rings (SSSR count). The zero-order valence-electron chi connectivity index (χ0n) is 14.2. The van der Waals surface area contributed by atoms with Crippen molar-refractivity contribution in [2.75, 3.05) is 20.1 Å². The van der Waals surface area contributed by atoms with Gasteiger partial charge in [-0.3, -0.25) is 4.99 Å². The maximum absolute atomic E-state index is 4.72. The lowest BCUT2D eigenvalue weighted by molar-refractivity contribution is 0.462. The average molecular weight is 447 g/mol. The van der Waals surface area contributed by atoms with Crippen LogP contribution in [0.25, 0.3) is 0 Å². The van der Waals surface area contributed by atoms with Crippen LogP contribution in [0.5, 0.6) is 0 Å². The minimum Gasteiger partial charge on any atom is -0.357 e. The van der Waals surface area contributed by atoms with E-state index in [0.29, 0.717) is 0 Å². The summed E-state index contributed by atoms with van der Waals surface area (Å²) in [4.78, 5) is 12.5. The predicted octanol–water partition coefficient (Wildman–Crippen LogP) is 3.05. The van der Waals surface area contributed by atoms with Gasteiger partial charge in [0.05, 0.1) is 11.6 Å². The molecule has 1 N–H and O–H groups in total. The van der Waals surface area contributed by atoms with E-state index in [2.05, 4.69) is 66.0 Å². The van der Waals surface area contributed by atoms with Crippen LogP contribution in [0.1, 0.15) is 22.5 Å². The molecule has 128 valence electrons. The van der Waals surface area contributed by atoms with Crippen molar-refractivity contribution in [1.82, 2.24) is 19.8 Å². The van der Waals surface area contributed by atoms with E-state index in [4.69, 9.17) is 4.99 Å². The van der Waals surface area contributed by atoms with Crippen molar-refractivity contribution in [2.24, 2.45) is 12.0 Å². The lowest BCUT2D eigenvalue weighted by Gasteiger charge is -2.22. The number of nitrogens with one attached hydrogen (secondary N) is 1. The van der Waals surface area contributed by atoms with Crippen LogP contribution in [0.3, 0.4) is 0 Å². The summed E-state index contributed by atoms with van der Waals surface area (Å²) in [5.41, 5.74) is 1.27. The molecule has 2 heterocycles. The van der Waals surface area contributed by atoms with Crippen molar-refractivity contribution in [3.63, 3.8) is 0 Å². The molecule has 0 atom stereocenters. The van der Waals surface area contributed by atoms with Crippen LogP contribution in [-0.2, 0) is 20.0 Å². The van der Waals surface area contributed by atoms with Crippen molar-refractivity contribution < 1.29 is 0 Å². The monoisotopic (exact) mass is 447 g/mol. The molecule has 23 heavy (non-hydrogen) atoms. The summed E-state index contributed by atoms with van der Waals surface area (Å²) in [5.74, 6) is 0.942. The molecule has 2 aromatic heterocycles. The third-order valence-electron chi connectivity index (χ3n) is 3.40. The third-order valence-corrected chi connectivity index (χ3v) is 4.38.